The van der Waals surface area contributed by atoms with Crippen molar-refractivity contribution in [2.45, 2.75) is 26.0 Å². The van der Waals surface area contributed by atoms with Gasteiger partial charge in [-0.2, -0.15) is 0 Å². The Morgan fingerprint density at radius 1 is 1.25 bits per heavy atom. The van der Waals surface area contributed by atoms with Crippen molar-refractivity contribution in [3.63, 3.8) is 0 Å². The first-order valence-corrected chi connectivity index (χ1v) is 8.11. The van der Waals surface area contributed by atoms with Crippen LogP contribution in [0, 0.1) is 6.92 Å². The van der Waals surface area contributed by atoms with Crippen LogP contribution in [0.2, 0.25) is 0 Å². The quantitative estimate of drug-likeness (QED) is 0.716. The molecule has 0 N–H and O–H groups in total. The van der Waals surface area contributed by atoms with E-state index in [1.165, 1.54) is 5.56 Å². The predicted octanol–water partition coefficient (Wildman–Crippen LogP) is 3.68. The summed E-state index contributed by atoms with van der Waals surface area (Å²) < 4.78 is 16.9. The third kappa shape index (κ3) is 2.95. The summed E-state index contributed by atoms with van der Waals surface area (Å²) in [5.74, 6) is 2.46. The van der Waals surface area contributed by atoms with Gasteiger partial charge in [0.25, 0.3) is 0 Å². The number of fused-ring (bicyclic) bond motifs is 1. The average Bonchev–Trinajstić information content (AvgIpc) is 3.27. The van der Waals surface area contributed by atoms with Crippen molar-refractivity contribution in [1.29, 1.82) is 0 Å². The maximum Gasteiger partial charge on any atom is 0.229 e. The summed E-state index contributed by atoms with van der Waals surface area (Å²) in [6.07, 6.45) is 4.41. The normalized spacial score (nSPS) is 16.4. The van der Waals surface area contributed by atoms with E-state index < -0.39 is 0 Å². The van der Waals surface area contributed by atoms with Gasteiger partial charge in [-0.15, -0.1) is 0 Å². The number of likely N-dealkylation sites (N-methyl/N-ethyl adjacent to an activating group) is 1. The third-order valence-corrected chi connectivity index (χ3v) is 4.31. The van der Waals surface area contributed by atoms with Gasteiger partial charge in [-0.1, -0.05) is 18.2 Å². The summed E-state index contributed by atoms with van der Waals surface area (Å²) in [7, 11) is 2.08. The Hall–Kier alpha value is -2.53. The highest BCUT2D eigenvalue weighted by molar-refractivity contribution is 5.51. The summed E-state index contributed by atoms with van der Waals surface area (Å²) in [6, 6.07) is 10.1. The molecule has 0 bridgehead atoms. The van der Waals surface area contributed by atoms with Crippen molar-refractivity contribution in [2.24, 2.45) is 0 Å². The molecule has 0 amide bonds. The van der Waals surface area contributed by atoms with Gasteiger partial charge >= 0.3 is 0 Å². The SMILES string of the molecule is Cc1oc(-c2ccoc2)nc1CN(C)C[C@H]1Cc2ccccc2O1. The zero-order valence-corrected chi connectivity index (χ0v) is 13.9. The van der Waals surface area contributed by atoms with Crippen molar-refractivity contribution < 1.29 is 13.6 Å². The number of hydrogen-bond acceptors (Lipinski definition) is 5. The molecule has 1 aliphatic rings. The second-order valence-corrected chi connectivity index (χ2v) is 6.28. The van der Waals surface area contributed by atoms with Crippen LogP contribution < -0.4 is 4.74 Å². The largest absolute Gasteiger partial charge is 0.488 e. The molecule has 124 valence electrons. The summed E-state index contributed by atoms with van der Waals surface area (Å²) in [5, 5.41) is 0. The molecular formula is C19H20N2O3. The number of para-hydroxylation sites is 1. The van der Waals surface area contributed by atoms with Gasteiger partial charge in [-0.25, -0.2) is 4.98 Å². The summed E-state index contributed by atoms with van der Waals surface area (Å²) >= 11 is 0. The van der Waals surface area contributed by atoms with Gasteiger partial charge in [0.15, 0.2) is 0 Å². The Morgan fingerprint density at radius 3 is 2.92 bits per heavy atom. The molecule has 3 aromatic rings. The first kappa shape index (κ1) is 15.0. The zero-order chi connectivity index (χ0) is 16.5. The highest BCUT2D eigenvalue weighted by Crippen LogP contribution is 2.29. The van der Waals surface area contributed by atoms with E-state index in [0.29, 0.717) is 5.89 Å². The molecule has 5 heteroatoms. The van der Waals surface area contributed by atoms with Gasteiger partial charge in [0.2, 0.25) is 5.89 Å². The topological polar surface area (TPSA) is 51.6 Å². The smallest absolute Gasteiger partial charge is 0.229 e. The zero-order valence-electron chi connectivity index (χ0n) is 13.9. The minimum atomic E-state index is 0.188. The fourth-order valence-electron chi connectivity index (χ4n) is 3.11. The van der Waals surface area contributed by atoms with Gasteiger partial charge in [0.1, 0.15) is 23.9 Å². The number of oxazole rings is 1. The van der Waals surface area contributed by atoms with Crippen LogP contribution in [-0.4, -0.2) is 29.6 Å². The van der Waals surface area contributed by atoms with E-state index in [9.17, 15) is 0 Å². The molecule has 0 unspecified atom stereocenters. The van der Waals surface area contributed by atoms with Gasteiger partial charge in [0.05, 0.1) is 17.5 Å². The number of nitrogens with zero attached hydrogens (tertiary/aromatic N) is 2. The average molecular weight is 324 g/mol. The van der Waals surface area contributed by atoms with E-state index in [1.54, 1.807) is 12.5 Å². The van der Waals surface area contributed by atoms with E-state index >= 15 is 0 Å². The second-order valence-electron chi connectivity index (χ2n) is 6.28. The molecule has 0 radical (unpaired) electrons. The number of aryl methyl sites for hydroxylation is 1. The Morgan fingerprint density at radius 2 is 2.12 bits per heavy atom. The van der Waals surface area contributed by atoms with Crippen LogP contribution in [0.1, 0.15) is 17.0 Å². The third-order valence-electron chi connectivity index (χ3n) is 4.31. The summed E-state index contributed by atoms with van der Waals surface area (Å²) in [4.78, 5) is 6.82. The lowest BCUT2D eigenvalue weighted by Crippen LogP contribution is -2.31. The first-order valence-electron chi connectivity index (χ1n) is 8.11. The number of benzene rings is 1. The van der Waals surface area contributed by atoms with Crippen LogP contribution in [0.3, 0.4) is 0 Å². The first-order chi connectivity index (χ1) is 11.7. The van der Waals surface area contributed by atoms with E-state index in [-0.39, 0.29) is 6.10 Å². The number of rotatable bonds is 5. The van der Waals surface area contributed by atoms with Gasteiger partial charge < -0.3 is 13.6 Å². The molecule has 1 aromatic carbocycles. The molecular weight excluding hydrogens is 304 g/mol. The van der Waals surface area contributed by atoms with E-state index in [4.69, 9.17) is 13.6 Å². The summed E-state index contributed by atoms with van der Waals surface area (Å²) in [5.41, 5.74) is 3.10. The van der Waals surface area contributed by atoms with Crippen molar-refractivity contribution in [3.05, 3.63) is 59.9 Å². The molecule has 4 rings (SSSR count). The maximum absolute atomic E-state index is 6.01. The maximum atomic E-state index is 6.01. The lowest BCUT2D eigenvalue weighted by atomic mass is 10.1. The van der Waals surface area contributed by atoms with E-state index in [0.717, 1.165) is 42.3 Å². The lowest BCUT2D eigenvalue weighted by Gasteiger charge is -2.19. The lowest BCUT2D eigenvalue weighted by molar-refractivity contribution is 0.164. The number of aromatic nitrogens is 1. The molecule has 0 fully saturated rings. The standard InChI is InChI=1S/C19H20N2O3/c1-13-17(20-19(23-13)15-7-8-22-12-15)11-21(2)10-16-9-14-5-3-4-6-18(14)24-16/h3-8,12,16H,9-11H2,1-2H3/t16-/m1/s1. The summed E-state index contributed by atoms with van der Waals surface area (Å²) in [6.45, 7) is 3.52. The highest BCUT2D eigenvalue weighted by atomic mass is 16.5. The predicted molar refractivity (Wildman–Crippen MR) is 89.8 cm³/mol. The molecule has 1 atom stereocenters. The molecule has 2 aromatic heterocycles. The molecule has 5 nitrogen and oxygen atoms in total. The Balaban J connectivity index is 1.39. The van der Waals surface area contributed by atoms with Gasteiger partial charge in [0, 0.05) is 19.5 Å². The Labute approximate surface area is 140 Å². The molecule has 0 saturated heterocycles. The van der Waals surface area contributed by atoms with E-state index in [2.05, 4.69) is 29.1 Å². The number of furan rings is 1. The highest BCUT2D eigenvalue weighted by Gasteiger charge is 2.24. The molecule has 3 heterocycles. The van der Waals surface area contributed by atoms with Gasteiger partial charge in [-0.3, -0.25) is 4.90 Å². The van der Waals surface area contributed by atoms with Crippen LogP contribution in [0.15, 0.2) is 51.7 Å². The molecule has 0 saturated carbocycles. The van der Waals surface area contributed by atoms with Crippen LogP contribution in [-0.2, 0) is 13.0 Å². The Bertz CT molecular complexity index is 798. The second kappa shape index (κ2) is 6.17. The number of ether oxygens (including phenoxy) is 1. The van der Waals surface area contributed by atoms with E-state index in [1.807, 2.05) is 25.1 Å². The molecule has 1 aliphatic heterocycles. The number of hydrogen-bond donors (Lipinski definition) is 0. The minimum Gasteiger partial charge on any atom is -0.488 e. The van der Waals surface area contributed by atoms with Crippen molar-refractivity contribution in [2.75, 3.05) is 13.6 Å². The van der Waals surface area contributed by atoms with Crippen molar-refractivity contribution in [1.82, 2.24) is 9.88 Å². The molecule has 0 spiro atoms. The van der Waals surface area contributed by atoms with Crippen LogP contribution >= 0.6 is 0 Å². The molecule has 24 heavy (non-hydrogen) atoms. The Kier molecular flexibility index (Phi) is 3.86. The fourth-order valence-corrected chi connectivity index (χ4v) is 3.11. The fraction of sp³-hybridized carbons (Fsp3) is 0.316. The minimum absolute atomic E-state index is 0.188. The monoisotopic (exact) mass is 324 g/mol. The molecule has 0 aliphatic carbocycles. The van der Waals surface area contributed by atoms with Crippen LogP contribution in [0.4, 0.5) is 0 Å². The van der Waals surface area contributed by atoms with Crippen LogP contribution in [0.5, 0.6) is 5.75 Å². The van der Waals surface area contributed by atoms with Crippen molar-refractivity contribution >= 4 is 0 Å². The van der Waals surface area contributed by atoms with Crippen molar-refractivity contribution in [3.8, 4) is 17.2 Å². The van der Waals surface area contributed by atoms with Crippen LogP contribution in [0.25, 0.3) is 11.5 Å². The van der Waals surface area contributed by atoms with Gasteiger partial charge in [-0.05, 0) is 31.7 Å².